The zero-order valence-electron chi connectivity index (χ0n) is 13.3. The Kier molecular flexibility index (Phi) is 3.60. The van der Waals surface area contributed by atoms with Crippen molar-refractivity contribution < 1.29 is 19.4 Å². The molecular formula is C19H18O4. The van der Waals surface area contributed by atoms with Gasteiger partial charge in [-0.25, -0.2) is 0 Å². The Morgan fingerprint density at radius 3 is 2.22 bits per heavy atom. The van der Waals surface area contributed by atoms with Gasteiger partial charge in [0.1, 0.15) is 0 Å². The van der Waals surface area contributed by atoms with Crippen LogP contribution in [0.2, 0.25) is 0 Å². The largest absolute Gasteiger partial charge is 0.502 e. The van der Waals surface area contributed by atoms with Crippen molar-refractivity contribution >= 4 is 11.9 Å². The third-order valence-corrected chi connectivity index (χ3v) is 4.46. The number of rotatable bonds is 3. The quantitative estimate of drug-likeness (QED) is 0.945. The van der Waals surface area contributed by atoms with E-state index >= 15 is 0 Å². The van der Waals surface area contributed by atoms with Gasteiger partial charge in [0.05, 0.1) is 19.6 Å². The molecule has 0 amide bonds. The monoisotopic (exact) mass is 310 g/mol. The number of aromatic hydroxyl groups is 1. The molecule has 23 heavy (non-hydrogen) atoms. The summed E-state index contributed by atoms with van der Waals surface area (Å²) in [5.41, 5.74) is 1.77. The minimum Gasteiger partial charge on any atom is -0.502 e. The number of carbonyl (C=O) groups excluding carboxylic acids is 1. The highest BCUT2D eigenvalue weighted by atomic mass is 16.5. The summed E-state index contributed by atoms with van der Waals surface area (Å²) in [5, 5.41) is 10.1. The van der Waals surface area contributed by atoms with Gasteiger partial charge in [-0.15, -0.1) is 0 Å². The van der Waals surface area contributed by atoms with Crippen molar-refractivity contribution in [3.8, 4) is 17.2 Å². The first kappa shape index (κ1) is 15.2. The van der Waals surface area contributed by atoms with E-state index in [1.54, 1.807) is 18.2 Å². The molecule has 1 aliphatic rings. The number of ketones is 1. The fourth-order valence-electron chi connectivity index (χ4n) is 3.04. The van der Waals surface area contributed by atoms with Crippen molar-refractivity contribution in [3.05, 3.63) is 59.2 Å². The fourth-order valence-corrected chi connectivity index (χ4v) is 3.04. The summed E-state index contributed by atoms with van der Waals surface area (Å²) in [6, 6.07) is 11.2. The molecule has 1 aliphatic carbocycles. The van der Waals surface area contributed by atoms with Crippen LogP contribution in [0.1, 0.15) is 23.6 Å². The molecule has 4 nitrogen and oxygen atoms in total. The maximum atomic E-state index is 12.7. The molecule has 0 bridgehead atoms. The number of allylic oxidation sites excluding steroid dienone is 1. The minimum absolute atomic E-state index is 0.0222. The molecule has 2 aromatic carbocycles. The maximum Gasteiger partial charge on any atom is 0.200 e. The van der Waals surface area contributed by atoms with Crippen LogP contribution in [0.15, 0.2) is 42.5 Å². The molecule has 3 rings (SSSR count). The van der Waals surface area contributed by atoms with E-state index in [0.717, 1.165) is 11.1 Å². The lowest BCUT2D eigenvalue weighted by Crippen LogP contribution is -2.35. The summed E-state index contributed by atoms with van der Waals surface area (Å²) in [7, 11) is 2.94. The Bertz CT molecular complexity index is 782. The van der Waals surface area contributed by atoms with Gasteiger partial charge in [0, 0.05) is 0 Å². The lowest BCUT2D eigenvalue weighted by atomic mass is 9.69. The summed E-state index contributed by atoms with van der Waals surface area (Å²) in [6.07, 6.45) is 3.42. The van der Waals surface area contributed by atoms with E-state index in [-0.39, 0.29) is 23.0 Å². The van der Waals surface area contributed by atoms with Crippen LogP contribution in [-0.2, 0) is 10.2 Å². The second-order valence-corrected chi connectivity index (χ2v) is 5.64. The number of phenols is 1. The number of methoxy groups -OCH3 is 2. The Morgan fingerprint density at radius 2 is 1.61 bits per heavy atom. The van der Waals surface area contributed by atoms with Crippen molar-refractivity contribution in [2.45, 2.75) is 12.3 Å². The topological polar surface area (TPSA) is 55.8 Å². The zero-order chi connectivity index (χ0) is 16.6. The molecule has 0 saturated carbocycles. The summed E-state index contributed by atoms with van der Waals surface area (Å²) in [6.45, 7) is 1.88. The van der Waals surface area contributed by atoms with E-state index in [9.17, 15) is 9.90 Å². The van der Waals surface area contributed by atoms with E-state index < -0.39 is 5.41 Å². The first-order valence-electron chi connectivity index (χ1n) is 7.30. The van der Waals surface area contributed by atoms with Gasteiger partial charge in [-0.2, -0.15) is 0 Å². The van der Waals surface area contributed by atoms with Crippen LogP contribution in [0, 0.1) is 0 Å². The molecule has 1 atom stereocenters. The minimum atomic E-state index is -0.862. The predicted octanol–water partition coefficient (Wildman–Crippen LogP) is 3.31. The third kappa shape index (κ3) is 2.18. The number of benzene rings is 2. The standard InChI is InChI=1S/C19H18O4/c1-19(13-10-15(22-2)18(21)16(11-13)23-3)14-7-5-4-6-12(14)8-9-17(19)20/h4-11,21H,1-3H3. The number of phenolic OH excluding ortho intramolecular Hbond substituents is 1. The van der Waals surface area contributed by atoms with Crippen molar-refractivity contribution in [1.82, 2.24) is 0 Å². The van der Waals surface area contributed by atoms with Crippen molar-refractivity contribution in [1.29, 1.82) is 0 Å². The van der Waals surface area contributed by atoms with Gasteiger partial charge >= 0.3 is 0 Å². The van der Waals surface area contributed by atoms with Crippen molar-refractivity contribution in [2.24, 2.45) is 0 Å². The number of hydrogen-bond donors (Lipinski definition) is 1. The predicted molar refractivity (Wildman–Crippen MR) is 88.1 cm³/mol. The molecule has 2 aromatic rings. The molecule has 0 saturated heterocycles. The molecule has 0 radical (unpaired) electrons. The van der Waals surface area contributed by atoms with Gasteiger partial charge in [-0.3, -0.25) is 4.79 Å². The molecule has 0 fully saturated rings. The fraction of sp³-hybridized carbons (Fsp3) is 0.211. The second kappa shape index (κ2) is 5.47. The van der Waals surface area contributed by atoms with Gasteiger partial charge in [0.25, 0.3) is 0 Å². The second-order valence-electron chi connectivity index (χ2n) is 5.64. The highest BCUT2D eigenvalue weighted by molar-refractivity contribution is 6.07. The van der Waals surface area contributed by atoms with Crippen LogP contribution in [0.3, 0.4) is 0 Å². The maximum absolute atomic E-state index is 12.7. The van der Waals surface area contributed by atoms with Crippen LogP contribution >= 0.6 is 0 Å². The Labute approximate surface area is 135 Å². The molecule has 0 spiro atoms. The van der Waals surface area contributed by atoms with Crippen LogP contribution < -0.4 is 9.47 Å². The first-order valence-corrected chi connectivity index (χ1v) is 7.30. The smallest absolute Gasteiger partial charge is 0.200 e. The van der Waals surface area contributed by atoms with Crippen LogP contribution in [0.4, 0.5) is 0 Å². The lowest BCUT2D eigenvalue weighted by Gasteiger charge is -2.32. The number of carbonyl (C=O) groups is 1. The third-order valence-electron chi connectivity index (χ3n) is 4.46. The van der Waals surface area contributed by atoms with Crippen LogP contribution in [0.5, 0.6) is 17.2 Å². The van der Waals surface area contributed by atoms with Gasteiger partial charge in [0.15, 0.2) is 17.3 Å². The summed E-state index contributed by atoms with van der Waals surface area (Å²) < 4.78 is 10.5. The Balaban J connectivity index is 2.28. The van der Waals surface area contributed by atoms with E-state index in [1.807, 2.05) is 37.3 Å². The normalized spacial score (nSPS) is 19.3. The SMILES string of the molecule is COc1cc(C2(C)C(=O)C=Cc3ccccc32)cc(OC)c1O. The number of fused-ring (bicyclic) bond motifs is 1. The highest BCUT2D eigenvalue weighted by Crippen LogP contribution is 2.45. The lowest BCUT2D eigenvalue weighted by molar-refractivity contribution is -0.118. The molecule has 118 valence electrons. The van der Waals surface area contributed by atoms with Gasteiger partial charge < -0.3 is 14.6 Å². The van der Waals surface area contributed by atoms with Gasteiger partial charge in [0.2, 0.25) is 5.75 Å². The Morgan fingerprint density at radius 1 is 1.00 bits per heavy atom. The van der Waals surface area contributed by atoms with E-state index in [0.29, 0.717) is 5.56 Å². The zero-order valence-corrected chi connectivity index (χ0v) is 13.3. The molecule has 1 N–H and O–H groups in total. The molecule has 0 aliphatic heterocycles. The van der Waals surface area contributed by atoms with Gasteiger partial charge in [-0.05, 0) is 41.8 Å². The Hall–Kier alpha value is -2.75. The average Bonchev–Trinajstić information content (AvgIpc) is 2.58. The molecule has 4 heteroatoms. The first-order chi connectivity index (χ1) is 11.0. The van der Waals surface area contributed by atoms with Gasteiger partial charge in [-0.1, -0.05) is 30.3 Å². The summed E-state index contributed by atoms with van der Waals surface area (Å²) in [4.78, 5) is 12.7. The van der Waals surface area contributed by atoms with Crippen molar-refractivity contribution in [3.63, 3.8) is 0 Å². The number of ether oxygens (including phenoxy) is 2. The van der Waals surface area contributed by atoms with Crippen molar-refractivity contribution in [2.75, 3.05) is 14.2 Å². The summed E-state index contributed by atoms with van der Waals surface area (Å²) in [5.74, 6) is 0.459. The molecule has 1 unspecified atom stereocenters. The van der Waals surface area contributed by atoms with Crippen LogP contribution in [0.25, 0.3) is 6.08 Å². The number of hydrogen-bond acceptors (Lipinski definition) is 4. The van der Waals surface area contributed by atoms with E-state index in [2.05, 4.69) is 0 Å². The molecule has 0 aromatic heterocycles. The van der Waals surface area contributed by atoms with E-state index in [1.165, 1.54) is 14.2 Å². The summed E-state index contributed by atoms with van der Waals surface area (Å²) >= 11 is 0. The average molecular weight is 310 g/mol. The van der Waals surface area contributed by atoms with Crippen LogP contribution in [-0.4, -0.2) is 25.1 Å². The van der Waals surface area contributed by atoms with E-state index in [4.69, 9.17) is 9.47 Å². The molecule has 0 heterocycles. The molecular weight excluding hydrogens is 292 g/mol. The highest BCUT2D eigenvalue weighted by Gasteiger charge is 2.40.